The lowest BCUT2D eigenvalue weighted by Gasteiger charge is -2.29. The van der Waals surface area contributed by atoms with Gasteiger partial charge in [-0.25, -0.2) is 9.59 Å². The highest BCUT2D eigenvalue weighted by Gasteiger charge is 2.38. The summed E-state index contributed by atoms with van der Waals surface area (Å²) in [5.74, 6) is -3.02. The highest BCUT2D eigenvalue weighted by atomic mass is 79.9. The van der Waals surface area contributed by atoms with Gasteiger partial charge in [-0.3, -0.25) is 0 Å². The Morgan fingerprint density at radius 3 is 2.43 bits per heavy atom. The number of halogens is 2. The van der Waals surface area contributed by atoms with Crippen molar-refractivity contribution in [2.45, 2.75) is 19.6 Å². The fourth-order valence-electron chi connectivity index (χ4n) is 1.58. The number of cyclic esters (lactones) is 2. The van der Waals surface area contributed by atoms with Crippen LogP contribution in [0.15, 0.2) is 28.4 Å². The van der Waals surface area contributed by atoms with Crippen molar-refractivity contribution in [1.29, 1.82) is 0 Å². The lowest BCUT2D eigenvalue weighted by atomic mass is 10.2. The molecule has 1 heterocycles. The summed E-state index contributed by atoms with van der Waals surface area (Å²) in [4.78, 5) is 23.5. The lowest BCUT2D eigenvalue weighted by Crippen LogP contribution is -2.42. The van der Waals surface area contributed by atoms with Gasteiger partial charge in [0.2, 0.25) is 0 Å². The molecule has 0 aliphatic carbocycles. The van der Waals surface area contributed by atoms with Crippen molar-refractivity contribution in [3.8, 4) is 5.75 Å². The van der Waals surface area contributed by atoms with Crippen molar-refractivity contribution in [1.82, 2.24) is 0 Å². The smallest absolute Gasteiger partial charge is 0.350 e. The second kappa shape index (κ2) is 5.57. The van der Waals surface area contributed by atoms with Crippen molar-refractivity contribution in [3.05, 3.63) is 33.4 Å². The van der Waals surface area contributed by atoms with Crippen molar-refractivity contribution >= 4 is 45.2 Å². The van der Waals surface area contributed by atoms with Crippen LogP contribution in [-0.2, 0) is 19.1 Å². The molecule has 0 bridgehead atoms. The molecule has 2 N–H and O–H groups in total. The number of carbonyl (C=O) groups is 2. The van der Waals surface area contributed by atoms with Gasteiger partial charge in [-0.1, -0.05) is 11.6 Å². The summed E-state index contributed by atoms with van der Waals surface area (Å²) in [5, 5.41) is 12.4. The largest absolute Gasteiger partial charge is 0.506 e. The average molecular weight is 377 g/mol. The lowest BCUT2D eigenvalue weighted by molar-refractivity contribution is -0.222. The van der Waals surface area contributed by atoms with Gasteiger partial charge < -0.3 is 19.9 Å². The molecule has 1 aliphatic rings. The van der Waals surface area contributed by atoms with Crippen molar-refractivity contribution in [2.24, 2.45) is 0 Å². The zero-order valence-electron chi connectivity index (χ0n) is 11.1. The molecule has 6 nitrogen and oxygen atoms in total. The van der Waals surface area contributed by atoms with Gasteiger partial charge in [0.05, 0.1) is 10.7 Å². The quantitative estimate of drug-likeness (QED) is 0.469. The predicted octanol–water partition coefficient (Wildman–Crippen LogP) is 2.94. The second-order valence-electron chi connectivity index (χ2n) is 4.66. The molecule has 1 aromatic rings. The summed E-state index contributed by atoms with van der Waals surface area (Å²) in [6, 6.07) is 2.81. The van der Waals surface area contributed by atoms with Crippen LogP contribution in [0.4, 0.5) is 5.69 Å². The number of ether oxygens (including phenoxy) is 2. The third-order valence-corrected chi connectivity index (χ3v) is 3.48. The highest BCUT2D eigenvalue weighted by molar-refractivity contribution is 9.10. The van der Waals surface area contributed by atoms with E-state index in [1.165, 1.54) is 26.0 Å². The topological polar surface area (TPSA) is 84.9 Å². The molecule has 8 heteroatoms. The third-order valence-electron chi connectivity index (χ3n) is 2.53. The van der Waals surface area contributed by atoms with Gasteiger partial charge in [-0.2, -0.15) is 0 Å². The SMILES string of the molecule is CC1(C)OC(=O)C(=CNc2cc(O)c(Cl)cc2Br)C(=O)O1. The Bertz CT molecular complexity index is 634. The number of phenols is 1. The Kier molecular flexibility index (Phi) is 4.15. The molecule has 0 unspecified atom stereocenters. The maximum absolute atomic E-state index is 11.7. The normalized spacial score (nSPS) is 17.0. The Morgan fingerprint density at radius 2 is 1.86 bits per heavy atom. The Labute approximate surface area is 133 Å². The van der Waals surface area contributed by atoms with Crippen LogP contribution >= 0.6 is 27.5 Å². The van der Waals surface area contributed by atoms with Gasteiger partial charge in [0.1, 0.15) is 5.75 Å². The number of anilines is 1. The molecule has 112 valence electrons. The van der Waals surface area contributed by atoms with Gasteiger partial charge in [0.15, 0.2) is 5.57 Å². The van der Waals surface area contributed by atoms with Crippen LogP contribution < -0.4 is 5.32 Å². The monoisotopic (exact) mass is 375 g/mol. The molecular weight excluding hydrogens is 366 g/mol. The van der Waals surface area contributed by atoms with Crippen molar-refractivity contribution < 1.29 is 24.2 Å². The molecule has 2 rings (SSSR count). The summed E-state index contributed by atoms with van der Waals surface area (Å²) < 4.78 is 10.4. The zero-order valence-corrected chi connectivity index (χ0v) is 13.4. The Morgan fingerprint density at radius 1 is 1.29 bits per heavy atom. The molecule has 0 aromatic heterocycles. The first-order valence-corrected chi connectivity index (χ1v) is 6.98. The molecule has 0 spiro atoms. The van der Waals surface area contributed by atoms with E-state index in [4.69, 9.17) is 21.1 Å². The van der Waals surface area contributed by atoms with E-state index in [2.05, 4.69) is 21.2 Å². The summed E-state index contributed by atoms with van der Waals surface area (Å²) in [5.41, 5.74) is 0.130. The van der Waals surface area contributed by atoms with E-state index in [1.54, 1.807) is 0 Å². The number of hydrogen-bond donors (Lipinski definition) is 2. The van der Waals surface area contributed by atoms with Crippen molar-refractivity contribution in [3.63, 3.8) is 0 Å². The number of phenolic OH excluding ortho intramolecular Hbond substituents is 1. The maximum atomic E-state index is 11.7. The Hall–Kier alpha value is -1.73. The fraction of sp³-hybridized carbons (Fsp3) is 0.231. The fourth-order valence-corrected chi connectivity index (χ4v) is 2.33. The van der Waals surface area contributed by atoms with Crippen LogP contribution in [0.3, 0.4) is 0 Å². The molecule has 0 amide bonds. The molecule has 0 atom stereocenters. The van der Waals surface area contributed by atoms with E-state index in [0.29, 0.717) is 10.2 Å². The summed E-state index contributed by atoms with van der Waals surface area (Å²) >= 11 is 8.98. The zero-order chi connectivity index (χ0) is 15.8. The molecule has 0 radical (unpaired) electrons. The maximum Gasteiger partial charge on any atom is 0.350 e. The van der Waals surface area contributed by atoms with E-state index in [9.17, 15) is 14.7 Å². The van der Waals surface area contributed by atoms with E-state index in [0.717, 1.165) is 6.20 Å². The average Bonchev–Trinajstić information content (AvgIpc) is 2.32. The second-order valence-corrected chi connectivity index (χ2v) is 5.93. The van der Waals surface area contributed by atoms with Crippen LogP contribution in [0.5, 0.6) is 5.75 Å². The van der Waals surface area contributed by atoms with E-state index >= 15 is 0 Å². The molecule has 1 aromatic carbocycles. The number of esters is 2. The standard InChI is InChI=1S/C13H11BrClNO5/c1-13(2)20-11(18)6(12(19)21-13)5-16-9-4-10(17)8(15)3-7(9)14/h3-5,16-17H,1-2H3. The van der Waals surface area contributed by atoms with Gasteiger partial charge in [-0.15, -0.1) is 0 Å². The number of carbonyl (C=O) groups excluding carboxylic acids is 2. The van der Waals surface area contributed by atoms with Crippen LogP contribution in [0.1, 0.15) is 13.8 Å². The van der Waals surface area contributed by atoms with Gasteiger partial charge in [-0.05, 0) is 22.0 Å². The minimum absolute atomic E-state index is 0.143. The van der Waals surface area contributed by atoms with Gasteiger partial charge in [0, 0.05) is 30.6 Å². The van der Waals surface area contributed by atoms with Crippen LogP contribution in [0, 0.1) is 0 Å². The number of nitrogens with one attached hydrogen (secondary N) is 1. The number of benzene rings is 1. The molecule has 1 aliphatic heterocycles. The van der Waals surface area contributed by atoms with Crippen LogP contribution in [0.25, 0.3) is 0 Å². The first kappa shape index (κ1) is 15.7. The molecule has 1 fully saturated rings. The molecule has 1 saturated heterocycles. The first-order valence-electron chi connectivity index (χ1n) is 5.81. The summed E-state index contributed by atoms with van der Waals surface area (Å²) in [7, 11) is 0. The minimum Gasteiger partial charge on any atom is -0.506 e. The number of aromatic hydroxyl groups is 1. The minimum atomic E-state index is -1.29. The van der Waals surface area contributed by atoms with Gasteiger partial charge in [0.25, 0.3) is 5.79 Å². The van der Waals surface area contributed by atoms with E-state index in [1.807, 2.05) is 0 Å². The van der Waals surface area contributed by atoms with E-state index in [-0.39, 0.29) is 16.3 Å². The molecule has 0 saturated carbocycles. The number of rotatable bonds is 2. The molecule has 21 heavy (non-hydrogen) atoms. The van der Waals surface area contributed by atoms with Crippen LogP contribution in [-0.4, -0.2) is 22.8 Å². The first-order chi connectivity index (χ1) is 9.69. The van der Waals surface area contributed by atoms with Gasteiger partial charge >= 0.3 is 11.9 Å². The van der Waals surface area contributed by atoms with Crippen LogP contribution in [0.2, 0.25) is 5.02 Å². The Balaban J connectivity index is 2.24. The van der Waals surface area contributed by atoms with E-state index < -0.39 is 17.7 Å². The number of hydrogen-bond acceptors (Lipinski definition) is 6. The van der Waals surface area contributed by atoms with Crippen molar-refractivity contribution in [2.75, 3.05) is 5.32 Å². The summed E-state index contributed by atoms with van der Waals surface area (Å²) in [6.45, 7) is 2.92. The molecular formula is C13H11BrClNO5. The summed E-state index contributed by atoms with van der Waals surface area (Å²) in [6.07, 6.45) is 1.15. The predicted molar refractivity (Wildman–Crippen MR) is 78.8 cm³/mol. The third kappa shape index (κ3) is 3.48. The highest BCUT2D eigenvalue weighted by Crippen LogP contribution is 2.33.